The van der Waals surface area contributed by atoms with E-state index in [1.165, 1.54) is 30.2 Å². The van der Waals surface area contributed by atoms with Gasteiger partial charge in [0.1, 0.15) is 5.82 Å². The molecule has 0 unspecified atom stereocenters. The second-order valence-corrected chi connectivity index (χ2v) is 8.89. The van der Waals surface area contributed by atoms with Gasteiger partial charge in [-0.05, 0) is 37.7 Å². The second-order valence-electron chi connectivity index (χ2n) is 7.58. The summed E-state index contributed by atoms with van der Waals surface area (Å²) >= 11 is 1.51. The van der Waals surface area contributed by atoms with Gasteiger partial charge in [-0.25, -0.2) is 0 Å². The van der Waals surface area contributed by atoms with Gasteiger partial charge in [0.05, 0.1) is 5.25 Å². The van der Waals surface area contributed by atoms with E-state index >= 15 is 0 Å². The quantitative estimate of drug-likeness (QED) is 0.589. The zero-order valence-electron chi connectivity index (χ0n) is 15.0. The van der Waals surface area contributed by atoms with Gasteiger partial charge >= 0.3 is 0 Å². The van der Waals surface area contributed by atoms with E-state index in [9.17, 15) is 4.79 Å². The fraction of sp³-hybridized carbons (Fsp3) is 0.526. The number of Topliss-reactive ketones (excluding diaryl/α,β-unsaturated/α-hetero) is 1. The van der Waals surface area contributed by atoms with Crippen molar-refractivity contribution in [3.63, 3.8) is 0 Å². The number of hydrogen-bond donors (Lipinski definition) is 0. The van der Waals surface area contributed by atoms with Crippen molar-refractivity contribution in [2.75, 3.05) is 0 Å². The number of carbonyl (C=O) groups excluding carboxylic acids is 1. The molecule has 1 fully saturated rings. The summed E-state index contributed by atoms with van der Waals surface area (Å²) in [5.41, 5.74) is 2.10. The fourth-order valence-corrected chi connectivity index (χ4v) is 3.81. The molecule has 1 aliphatic carbocycles. The van der Waals surface area contributed by atoms with E-state index in [0.717, 1.165) is 16.5 Å². The maximum absolute atomic E-state index is 12.7. The minimum atomic E-state index is -0.174. The lowest BCUT2D eigenvalue weighted by atomic mass is 9.86. The minimum absolute atomic E-state index is 0.0974. The lowest BCUT2D eigenvalue weighted by Crippen LogP contribution is -2.16. The SMILES string of the molecule is Cc1nnc(S[C@H](C)C(=O)c2ccc(C(C)(C)C)cc2)n1C1CC1. The van der Waals surface area contributed by atoms with Crippen LogP contribution >= 0.6 is 11.8 Å². The zero-order chi connectivity index (χ0) is 17.5. The van der Waals surface area contributed by atoms with Gasteiger partial charge < -0.3 is 4.57 Å². The minimum Gasteiger partial charge on any atom is -0.303 e. The van der Waals surface area contributed by atoms with Crippen molar-refractivity contribution in [3.05, 3.63) is 41.2 Å². The predicted molar refractivity (Wildman–Crippen MR) is 97.8 cm³/mol. The van der Waals surface area contributed by atoms with Crippen LogP contribution in [0.5, 0.6) is 0 Å². The Balaban J connectivity index is 1.73. The molecule has 1 aliphatic rings. The van der Waals surface area contributed by atoms with Gasteiger partial charge in [0, 0.05) is 11.6 Å². The number of aryl methyl sites for hydroxylation is 1. The van der Waals surface area contributed by atoms with Gasteiger partial charge in [0.25, 0.3) is 0 Å². The third-order valence-electron chi connectivity index (χ3n) is 4.43. The molecule has 0 N–H and O–H groups in total. The number of hydrogen-bond acceptors (Lipinski definition) is 4. The molecule has 1 atom stereocenters. The van der Waals surface area contributed by atoms with Crippen molar-refractivity contribution >= 4 is 17.5 Å². The van der Waals surface area contributed by atoms with Crippen LogP contribution in [0.3, 0.4) is 0 Å². The van der Waals surface area contributed by atoms with E-state index in [2.05, 4.69) is 47.7 Å². The lowest BCUT2D eigenvalue weighted by Gasteiger charge is -2.19. The number of nitrogens with zero attached hydrogens (tertiary/aromatic N) is 3. The Morgan fingerprint density at radius 3 is 2.38 bits per heavy atom. The molecule has 0 radical (unpaired) electrons. The summed E-state index contributed by atoms with van der Waals surface area (Å²) in [5.74, 6) is 1.08. The Morgan fingerprint density at radius 1 is 1.21 bits per heavy atom. The standard InChI is InChI=1S/C19H25N3OS/c1-12(24-18-21-20-13(2)22(18)16-10-11-16)17(23)14-6-8-15(9-7-14)19(3,4)5/h6-9,12,16H,10-11H2,1-5H3/t12-/m1/s1. The molecule has 0 saturated heterocycles. The summed E-state index contributed by atoms with van der Waals surface area (Å²) in [4.78, 5) is 12.7. The van der Waals surface area contributed by atoms with E-state index in [-0.39, 0.29) is 16.4 Å². The topological polar surface area (TPSA) is 47.8 Å². The van der Waals surface area contributed by atoms with Crippen LogP contribution in [-0.2, 0) is 5.41 Å². The van der Waals surface area contributed by atoms with E-state index in [1.54, 1.807) is 0 Å². The van der Waals surface area contributed by atoms with Crippen LogP contribution in [0.25, 0.3) is 0 Å². The number of carbonyl (C=O) groups is 1. The monoisotopic (exact) mass is 343 g/mol. The first-order valence-electron chi connectivity index (χ1n) is 8.50. The molecular weight excluding hydrogens is 318 g/mol. The van der Waals surface area contributed by atoms with Crippen LogP contribution in [0, 0.1) is 6.92 Å². The lowest BCUT2D eigenvalue weighted by molar-refractivity contribution is 0.0993. The molecule has 0 aliphatic heterocycles. The van der Waals surface area contributed by atoms with Gasteiger partial charge in [-0.15, -0.1) is 10.2 Å². The molecule has 4 nitrogen and oxygen atoms in total. The smallest absolute Gasteiger partial charge is 0.192 e. The molecule has 3 rings (SSSR count). The Bertz CT molecular complexity index is 739. The largest absolute Gasteiger partial charge is 0.303 e. The number of benzene rings is 1. The summed E-state index contributed by atoms with van der Waals surface area (Å²) in [6.07, 6.45) is 2.37. The molecule has 1 saturated carbocycles. The third kappa shape index (κ3) is 3.56. The van der Waals surface area contributed by atoms with Crippen molar-refractivity contribution in [1.29, 1.82) is 0 Å². The average molecular weight is 343 g/mol. The number of rotatable bonds is 5. The third-order valence-corrected chi connectivity index (χ3v) is 5.49. The summed E-state index contributed by atoms with van der Waals surface area (Å²) in [5, 5.41) is 9.13. The first-order chi connectivity index (χ1) is 11.3. The second kappa shape index (κ2) is 6.36. The van der Waals surface area contributed by atoms with Gasteiger partial charge in [0.2, 0.25) is 0 Å². The molecule has 0 spiro atoms. The molecule has 5 heteroatoms. The highest BCUT2D eigenvalue weighted by molar-refractivity contribution is 8.00. The maximum atomic E-state index is 12.7. The van der Waals surface area contributed by atoms with E-state index in [4.69, 9.17) is 0 Å². The maximum Gasteiger partial charge on any atom is 0.192 e. The first kappa shape index (κ1) is 17.2. The molecule has 24 heavy (non-hydrogen) atoms. The molecule has 1 aromatic heterocycles. The number of ketones is 1. The average Bonchev–Trinajstić information content (AvgIpc) is 3.30. The molecule has 0 bridgehead atoms. The summed E-state index contributed by atoms with van der Waals surface area (Å²) < 4.78 is 2.18. The Hall–Kier alpha value is -1.62. The first-order valence-corrected chi connectivity index (χ1v) is 9.38. The van der Waals surface area contributed by atoms with E-state index < -0.39 is 0 Å². The van der Waals surface area contributed by atoms with E-state index in [1.807, 2.05) is 26.0 Å². The Morgan fingerprint density at radius 2 is 1.83 bits per heavy atom. The van der Waals surface area contributed by atoms with Crippen molar-refractivity contribution < 1.29 is 4.79 Å². The summed E-state index contributed by atoms with van der Waals surface area (Å²) in [6, 6.07) is 8.52. The summed E-state index contributed by atoms with van der Waals surface area (Å²) in [6.45, 7) is 10.5. The Labute approximate surface area is 148 Å². The van der Waals surface area contributed by atoms with Gasteiger partial charge in [-0.3, -0.25) is 4.79 Å². The Kier molecular flexibility index (Phi) is 4.56. The highest BCUT2D eigenvalue weighted by Gasteiger charge is 2.30. The van der Waals surface area contributed by atoms with Crippen molar-refractivity contribution in [2.24, 2.45) is 0 Å². The van der Waals surface area contributed by atoms with Crippen LogP contribution in [0.1, 0.15) is 68.3 Å². The zero-order valence-corrected chi connectivity index (χ0v) is 15.9. The van der Waals surface area contributed by atoms with Crippen LogP contribution < -0.4 is 0 Å². The molecule has 128 valence electrons. The molecule has 1 heterocycles. The number of aromatic nitrogens is 3. The molecule has 1 aromatic carbocycles. The van der Waals surface area contributed by atoms with Gasteiger partial charge in [-0.2, -0.15) is 0 Å². The van der Waals surface area contributed by atoms with Gasteiger partial charge in [-0.1, -0.05) is 56.8 Å². The van der Waals surface area contributed by atoms with Crippen molar-refractivity contribution in [1.82, 2.24) is 14.8 Å². The highest BCUT2D eigenvalue weighted by Crippen LogP contribution is 2.39. The summed E-state index contributed by atoms with van der Waals surface area (Å²) in [7, 11) is 0. The van der Waals surface area contributed by atoms with Crippen molar-refractivity contribution in [2.45, 2.75) is 69.3 Å². The van der Waals surface area contributed by atoms with Crippen LogP contribution in [0.15, 0.2) is 29.4 Å². The van der Waals surface area contributed by atoms with Crippen LogP contribution in [-0.4, -0.2) is 25.8 Å². The fourth-order valence-electron chi connectivity index (χ4n) is 2.76. The van der Waals surface area contributed by atoms with Crippen molar-refractivity contribution in [3.8, 4) is 0 Å². The normalized spacial score (nSPS) is 16.2. The number of thioether (sulfide) groups is 1. The molecule has 0 amide bonds. The molecular formula is C19H25N3OS. The van der Waals surface area contributed by atoms with Gasteiger partial charge in [0.15, 0.2) is 10.9 Å². The van der Waals surface area contributed by atoms with Crippen LogP contribution in [0.4, 0.5) is 0 Å². The molecule has 2 aromatic rings. The van der Waals surface area contributed by atoms with E-state index in [0.29, 0.717) is 6.04 Å². The van der Waals surface area contributed by atoms with Crippen LogP contribution in [0.2, 0.25) is 0 Å². The highest BCUT2D eigenvalue weighted by atomic mass is 32.2. The predicted octanol–water partition coefficient (Wildman–Crippen LogP) is 4.58.